The van der Waals surface area contributed by atoms with Crippen LogP contribution in [0.4, 0.5) is 4.39 Å². The summed E-state index contributed by atoms with van der Waals surface area (Å²) < 4.78 is 15.6. The Labute approximate surface area is 112 Å². The number of halogens is 1. The zero-order valence-corrected chi connectivity index (χ0v) is 11.5. The Kier molecular flexibility index (Phi) is 3.27. The Morgan fingerprint density at radius 3 is 2.89 bits per heavy atom. The zero-order chi connectivity index (χ0) is 13.4. The predicted octanol–water partition coefficient (Wildman–Crippen LogP) is 3.05. The van der Waals surface area contributed by atoms with Crippen LogP contribution in [0.5, 0.6) is 0 Å². The molecule has 1 fully saturated rings. The average Bonchev–Trinajstić information content (AvgIpc) is 3.11. The van der Waals surface area contributed by atoms with Crippen LogP contribution >= 0.6 is 0 Å². The highest BCUT2D eigenvalue weighted by molar-refractivity contribution is 5.76. The van der Waals surface area contributed by atoms with Crippen LogP contribution in [0.1, 0.15) is 38.6 Å². The van der Waals surface area contributed by atoms with Gasteiger partial charge in [-0.3, -0.25) is 0 Å². The van der Waals surface area contributed by atoms with Crippen LogP contribution in [0.25, 0.3) is 11.0 Å². The van der Waals surface area contributed by atoms with E-state index in [1.165, 1.54) is 25.0 Å². The molecule has 1 aliphatic carbocycles. The number of aromatic nitrogens is 2. The fourth-order valence-corrected chi connectivity index (χ4v) is 2.51. The van der Waals surface area contributed by atoms with Gasteiger partial charge in [-0.1, -0.05) is 13.8 Å². The number of imidazole rings is 1. The molecule has 0 amide bonds. The molecule has 3 rings (SSSR count). The van der Waals surface area contributed by atoms with Crippen LogP contribution in [0.2, 0.25) is 0 Å². The van der Waals surface area contributed by atoms with Crippen molar-refractivity contribution in [1.29, 1.82) is 0 Å². The van der Waals surface area contributed by atoms with E-state index in [1.54, 1.807) is 0 Å². The maximum absolute atomic E-state index is 13.3. The second kappa shape index (κ2) is 4.93. The van der Waals surface area contributed by atoms with E-state index in [-0.39, 0.29) is 5.82 Å². The molecule has 1 heterocycles. The number of nitrogens with zero attached hydrogens (tertiary/aromatic N) is 2. The summed E-state index contributed by atoms with van der Waals surface area (Å²) >= 11 is 0. The van der Waals surface area contributed by atoms with Gasteiger partial charge in [0.2, 0.25) is 0 Å². The van der Waals surface area contributed by atoms with Crippen LogP contribution in [-0.4, -0.2) is 22.1 Å². The van der Waals surface area contributed by atoms with Crippen molar-refractivity contribution in [2.45, 2.75) is 45.2 Å². The molecule has 0 aliphatic heterocycles. The van der Waals surface area contributed by atoms with Crippen molar-refractivity contribution in [3.63, 3.8) is 0 Å². The van der Waals surface area contributed by atoms with Gasteiger partial charge in [-0.25, -0.2) is 9.37 Å². The first-order valence-corrected chi connectivity index (χ1v) is 7.05. The van der Waals surface area contributed by atoms with E-state index < -0.39 is 0 Å². The Balaban J connectivity index is 1.91. The number of hydrogen-bond donors (Lipinski definition) is 1. The third kappa shape index (κ3) is 2.63. The minimum atomic E-state index is -0.209. The summed E-state index contributed by atoms with van der Waals surface area (Å²) in [5, 5.41) is 3.41. The highest BCUT2D eigenvalue weighted by atomic mass is 19.1. The lowest BCUT2D eigenvalue weighted by atomic mass is 10.3. The number of nitrogens with one attached hydrogen (secondary N) is 1. The largest absolute Gasteiger partial charge is 0.325 e. The van der Waals surface area contributed by atoms with Crippen LogP contribution in [0.3, 0.4) is 0 Å². The fourth-order valence-electron chi connectivity index (χ4n) is 2.51. The Morgan fingerprint density at radius 2 is 2.21 bits per heavy atom. The Hall–Kier alpha value is -1.42. The third-order valence-electron chi connectivity index (χ3n) is 3.54. The topological polar surface area (TPSA) is 29.9 Å². The highest BCUT2D eigenvalue weighted by Gasteiger charge is 2.27. The van der Waals surface area contributed by atoms with Gasteiger partial charge in [-0.15, -0.1) is 0 Å². The molecule has 0 unspecified atom stereocenters. The van der Waals surface area contributed by atoms with E-state index in [0.717, 1.165) is 29.8 Å². The van der Waals surface area contributed by atoms with Gasteiger partial charge in [0.05, 0.1) is 11.0 Å². The quantitative estimate of drug-likeness (QED) is 0.896. The molecule has 3 nitrogen and oxygen atoms in total. The van der Waals surface area contributed by atoms with Gasteiger partial charge in [0.15, 0.2) is 0 Å². The van der Waals surface area contributed by atoms with Crippen LogP contribution in [-0.2, 0) is 6.42 Å². The summed E-state index contributed by atoms with van der Waals surface area (Å²) in [6.45, 7) is 5.19. The van der Waals surface area contributed by atoms with Gasteiger partial charge in [0, 0.05) is 31.1 Å². The average molecular weight is 261 g/mol. The molecule has 0 spiro atoms. The van der Waals surface area contributed by atoms with E-state index in [9.17, 15) is 4.39 Å². The summed E-state index contributed by atoms with van der Waals surface area (Å²) in [5.74, 6) is 0.871. The van der Waals surface area contributed by atoms with Crippen molar-refractivity contribution in [3.8, 4) is 0 Å². The molecule has 0 bridgehead atoms. The monoisotopic (exact) mass is 261 g/mol. The van der Waals surface area contributed by atoms with Crippen molar-refractivity contribution in [3.05, 3.63) is 29.8 Å². The summed E-state index contributed by atoms with van der Waals surface area (Å²) in [4.78, 5) is 4.61. The van der Waals surface area contributed by atoms with E-state index >= 15 is 0 Å². The summed E-state index contributed by atoms with van der Waals surface area (Å²) in [5.41, 5.74) is 1.86. The van der Waals surface area contributed by atoms with Gasteiger partial charge in [0.25, 0.3) is 0 Å². The number of hydrogen-bond acceptors (Lipinski definition) is 2. The first kappa shape index (κ1) is 12.6. The molecule has 102 valence electrons. The highest BCUT2D eigenvalue weighted by Crippen LogP contribution is 2.38. The third-order valence-corrected chi connectivity index (χ3v) is 3.54. The number of rotatable bonds is 5. The Morgan fingerprint density at radius 1 is 1.42 bits per heavy atom. The fraction of sp³-hybridized carbons (Fsp3) is 0.533. The molecule has 4 heteroatoms. The molecule has 1 saturated carbocycles. The summed E-state index contributed by atoms with van der Waals surface area (Å²) in [6, 6.07) is 5.97. The van der Waals surface area contributed by atoms with Gasteiger partial charge < -0.3 is 9.88 Å². The van der Waals surface area contributed by atoms with Crippen LogP contribution in [0.15, 0.2) is 18.2 Å². The lowest BCUT2D eigenvalue weighted by Gasteiger charge is -2.10. The number of benzene rings is 1. The van der Waals surface area contributed by atoms with E-state index in [4.69, 9.17) is 0 Å². The summed E-state index contributed by atoms with van der Waals surface area (Å²) in [7, 11) is 0. The second-order valence-electron chi connectivity index (χ2n) is 5.62. The molecular weight excluding hydrogens is 241 g/mol. The predicted molar refractivity (Wildman–Crippen MR) is 74.8 cm³/mol. The van der Waals surface area contributed by atoms with Crippen molar-refractivity contribution in [2.75, 3.05) is 6.54 Å². The van der Waals surface area contributed by atoms with Crippen molar-refractivity contribution in [1.82, 2.24) is 14.9 Å². The van der Waals surface area contributed by atoms with Crippen LogP contribution < -0.4 is 5.32 Å². The number of fused-ring (bicyclic) bond motifs is 1. The maximum atomic E-state index is 13.3. The standard InChI is InChI=1S/C15H20FN3/c1-10(2)17-8-7-15-18-13-9-11(16)3-6-14(13)19(15)12-4-5-12/h3,6,9-10,12,17H,4-5,7-8H2,1-2H3. The summed E-state index contributed by atoms with van der Waals surface area (Å²) in [6.07, 6.45) is 3.33. The van der Waals surface area contributed by atoms with Crippen molar-refractivity contribution in [2.24, 2.45) is 0 Å². The molecule has 19 heavy (non-hydrogen) atoms. The molecule has 1 aromatic carbocycles. The van der Waals surface area contributed by atoms with Crippen molar-refractivity contribution < 1.29 is 4.39 Å². The van der Waals surface area contributed by atoms with Gasteiger partial charge >= 0.3 is 0 Å². The van der Waals surface area contributed by atoms with E-state index in [2.05, 4.69) is 28.7 Å². The molecular formula is C15H20FN3. The van der Waals surface area contributed by atoms with Gasteiger partial charge in [-0.05, 0) is 25.0 Å². The van der Waals surface area contributed by atoms with Crippen LogP contribution in [0, 0.1) is 5.82 Å². The first-order chi connectivity index (χ1) is 9.15. The molecule has 0 saturated heterocycles. The SMILES string of the molecule is CC(C)NCCc1nc2cc(F)ccc2n1C1CC1. The Bertz CT molecular complexity index is 584. The smallest absolute Gasteiger partial charge is 0.125 e. The van der Waals surface area contributed by atoms with E-state index in [1.807, 2.05) is 6.07 Å². The minimum absolute atomic E-state index is 0.209. The lowest BCUT2D eigenvalue weighted by Crippen LogP contribution is -2.25. The molecule has 1 aliphatic rings. The molecule has 1 aromatic heterocycles. The minimum Gasteiger partial charge on any atom is -0.325 e. The van der Waals surface area contributed by atoms with Crippen molar-refractivity contribution >= 4 is 11.0 Å². The molecule has 0 atom stereocenters. The normalized spacial score (nSPS) is 15.6. The first-order valence-electron chi connectivity index (χ1n) is 7.05. The van der Waals surface area contributed by atoms with Gasteiger partial charge in [-0.2, -0.15) is 0 Å². The lowest BCUT2D eigenvalue weighted by molar-refractivity contribution is 0.571. The van der Waals surface area contributed by atoms with Gasteiger partial charge in [0.1, 0.15) is 11.6 Å². The zero-order valence-electron chi connectivity index (χ0n) is 11.5. The molecule has 0 radical (unpaired) electrons. The maximum Gasteiger partial charge on any atom is 0.125 e. The molecule has 2 aromatic rings. The van der Waals surface area contributed by atoms with E-state index in [0.29, 0.717) is 12.1 Å². The molecule has 1 N–H and O–H groups in total. The second-order valence-corrected chi connectivity index (χ2v) is 5.62.